The number of hydrogen-bond donors (Lipinski definition) is 1. The first-order valence-corrected chi connectivity index (χ1v) is 13.3. The summed E-state index contributed by atoms with van der Waals surface area (Å²) in [5.74, 6) is 1.02. The van der Waals surface area contributed by atoms with Gasteiger partial charge in [-0.05, 0) is 85.1 Å². The molecule has 1 fully saturated rings. The maximum atomic E-state index is 12.6. The topological polar surface area (TPSA) is 59.9 Å². The van der Waals surface area contributed by atoms with Gasteiger partial charge in [0, 0.05) is 8.95 Å². The van der Waals surface area contributed by atoms with Gasteiger partial charge in [0.05, 0.1) is 17.7 Å². The second-order valence-electron chi connectivity index (χ2n) is 8.18. The van der Waals surface area contributed by atoms with Crippen molar-refractivity contribution in [2.75, 3.05) is 7.11 Å². The van der Waals surface area contributed by atoms with Crippen LogP contribution < -0.4 is 14.8 Å². The minimum absolute atomic E-state index is 0.190. The van der Waals surface area contributed by atoms with Gasteiger partial charge in [-0.2, -0.15) is 0 Å². The monoisotopic (exact) mass is 614 g/mol. The molecule has 8 heteroatoms. The Balaban J connectivity index is 1.55. The first-order chi connectivity index (χ1) is 16.7. The summed E-state index contributed by atoms with van der Waals surface area (Å²) in [5, 5.41) is 3.40. The maximum Gasteiger partial charge on any atom is 0.264 e. The largest absolute Gasteiger partial charge is 0.493 e. The lowest BCUT2D eigenvalue weighted by Gasteiger charge is -2.13. The van der Waals surface area contributed by atoms with Gasteiger partial charge in [-0.15, -0.1) is 0 Å². The number of carbonyl (C=O) groups is 1. The molecule has 1 N–H and O–H groups in total. The van der Waals surface area contributed by atoms with Crippen LogP contribution in [0.4, 0.5) is 5.69 Å². The highest BCUT2D eigenvalue weighted by atomic mass is 79.9. The lowest BCUT2D eigenvalue weighted by Crippen LogP contribution is -2.19. The molecule has 0 atom stereocenters. The molecular formula is C27H24Br2N2O3S. The summed E-state index contributed by atoms with van der Waals surface area (Å²) in [6.45, 7) is 6.52. The number of amides is 1. The normalized spacial score (nSPS) is 15.5. The molecule has 0 aromatic heterocycles. The van der Waals surface area contributed by atoms with Gasteiger partial charge in [0.1, 0.15) is 6.61 Å². The van der Waals surface area contributed by atoms with Gasteiger partial charge >= 0.3 is 0 Å². The smallest absolute Gasteiger partial charge is 0.264 e. The van der Waals surface area contributed by atoms with E-state index in [-0.39, 0.29) is 5.91 Å². The minimum Gasteiger partial charge on any atom is -0.493 e. The van der Waals surface area contributed by atoms with Gasteiger partial charge < -0.3 is 14.8 Å². The second-order valence-corrected chi connectivity index (χ2v) is 10.9. The van der Waals surface area contributed by atoms with Crippen LogP contribution in [0.25, 0.3) is 6.08 Å². The molecule has 0 bridgehead atoms. The second kappa shape index (κ2) is 11.0. The van der Waals surface area contributed by atoms with Crippen molar-refractivity contribution < 1.29 is 14.3 Å². The van der Waals surface area contributed by atoms with Gasteiger partial charge in [0.2, 0.25) is 0 Å². The van der Waals surface area contributed by atoms with E-state index >= 15 is 0 Å². The molecule has 5 nitrogen and oxygen atoms in total. The molecule has 0 radical (unpaired) electrons. The lowest BCUT2D eigenvalue weighted by molar-refractivity contribution is -0.115. The first-order valence-electron chi connectivity index (χ1n) is 10.9. The third-order valence-electron chi connectivity index (χ3n) is 5.35. The Kier molecular flexibility index (Phi) is 8.04. The first kappa shape index (κ1) is 25.5. The summed E-state index contributed by atoms with van der Waals surface area (Å²) in [5.41, 5.74) is 6.05. The molecule has 1 aliphatic rings. The van der Waals surface area contributed by atoms with Crippen LogP contribution >= 0.6 is 43.6 Å². The molecule has 0 saturated carbocycles. The fourth-order valence-corrected chi connectivity index (χ4v) is 5.12. The Morgan fingerprint density at radius 1 is 1.03 bits per heavy atom. The summed E-state index contributed by atoms with van der Waals surface area (Å²) < 4.78 is 13.5. The van der Waals surface area contributed by atoms with Crippen LogP contribution in [-0.2, 0) is 11.4 Å². The standard InChI is InChI=1S/C27H24Br2N2O3S/c1-15-6-5-7-18(8-15)14-34-23-13-21(28)19(11-22(23)33-4)12-24-26(32)31-27(35-24)30-20-9-16(2)25(29)17(3)10-20/h5-13H,14H2,1-4H3,(H,30,31,32)/b24-12-. The van der Waals surface area contributed by atoms with E-state index in [1.165, 1.54) is 17.3 Å². The van der Waals surface area contributed by atoms with Crippen LogP contribution in [0.2, 0.25) is 0 Å². The average molecular weight is 616 g/mol. The third kappa shape index (κ3) is 6.18. The van der Waals surface area contributed by atoms with Gasteiger partial charge in [-0.3, -0.25) is 4.79 Å². The maximum absolute atomic E-state index is 12.6. The predicted molar refractivity (Wildman–Crippen MR) is 151 cm³/mol. The Bertz CT molecular complexity index is 1350. The number of rotatable bonds is 6. The van der Waals surface area contributed by atoms with Crippen molar-refractivity contribution in [1.82, 2.24) is 5.32 Å². The van der Waals surface area contributed by atoms with E-state index in [2.05, 4.69) is 61.2 Å². The van der Waals surface area contributed by atoms with Crippen molar-refractivity contribution in [3.05, 3.63) is 90.2 Å². The fraction of sp³-hybridized carbons (Fsp3) is 0.185. The summed E-state index contributed by atoms with van der Waals surface area (Å²) in [6.07, 6.45) is 1.82. The molecular weight excluding hydrogens is 592 g/mol. The van der Waals surface area contributed by atoms with Crippen LogP contribution in [0.3, 0.4) is 0 Å². The van der Waals surface area contributed by atoms with Gasteiger partial charge in [-0.25, -0.2) is 4.99 Å². The SMILES string of the molecule is COc1cc(/C=C2\SC(=Nc3cc(C)c(Br)c(C)c3)NC2=O)c(Br)cc1OCc1cccc(C)c1. The zero-order chi connectivity index (χ0) is 25.1. The molecule has 1 amide bonds. The van der Waals surface area contributed by atoms with Crippen molar-refractivity contribution in [3.63, 3.8) is 0 Å². The van der Waals surface area contributed by atoms with E-state index in [0.717, 1.165) is 36.9 Å². The Hall–Kier alpha value is -2.55. The number of aryl methyl sites for hydroxylation is 3. The Morgan fingerprint density at radius 2 is 1.77 bits per heavy atom. The number of thioether (sulfide) groups is 1. The molecule has 180 valence electrons. The van der Waals surface area contributed by atoms with Crippen LogP contribution in [0, 0.1) is 20.8 Å². The molecule has 3 aromatic rings. The van der Waals surface area contributed by atoms with Crippen LogP contribution in [-0.4, -0.2) is 18.2 Å². The van der Waals surface area contributed by atoms with E-state index in [9.17, 15) is 4.79 Å². The van der Waals surface area contributed by atoms with Crippen molar-refractivity contribution in [2.24, 2.45) is 4.99 Å². The number of carbonyl (C=O) groups excluding carboxylic acids is 1. The molecule has 1 heterocycles. The van der Waals surface area contributed by atoms with Gasteiger partial charge in [0.15, 0.2) is 16.7 Å². The van der Waals surface area contributed by atoms with Crippen LogP contribution in [0.1, 0.15) is 27.8 Å². The molecule has 0 spiro atoms. The summed E-state index contributed by atoms with van der Waals surface area (Å²) in [6, 6.07) is 15.9. The average Bonchev–Trinajstić information content (AvgIpc) is 3.15. The molecule has 3 aromatic carbocycles. The molecule has 4 rings (SSSR count). The van der Waals surface area contributed by atoms with Crippen molar-refractivity contribution in [3.8, 4) is 11.5 Å². The number of nitrogens with one attached hydrogen (secondary N) is 1. The van der Waals surface area contributed by atoms with E-state index in [4.69, 9.17) is 9.47 Å². The number of halogens is 2. The number of nitrogens with zero attached hydrogens (tertiary/aromatic N) is 1. The van der Waals surface area contributed by atoms with Crippen molar-refractivity contribution in [1.29, 1.82) is 0 Å². The number of amidine groups is 1. The van der Waals surface area contributed by atoms with E-state index in [1.807, 2.05) is 56.3 Å². The number of aliphatic imine (C=N–C) groups is 1. The summed E-state index contributed by atoms with van der Waals surface area (Å²) in [4.78, 5) is 17.8. The van der Waals surface area contributed by atoms with E-state index in [1.54, 1.807) is 7.11 Å². The number of benzene rings is 3. The fourth-order valence-electron chi connectivity index (χ4n) is 3.62. The number of hydrogen-bond acceptors (Lipinski definition) is 5. The summed E-state index contributed by atoms with van der Waals surface area (Å²) in [7, 11) is 1.60. The van der Waals surface area contributed by atoms with E-state index in [0.29, 0.717) is 28.2 Å². The Morgan fingerprint density at radius 3 is 2.46 bits per heavy atom. The van der Waals surface area contributed by atoms with Crippen LogP contribution in [0.15, 0.2) is 67.4 Å². The molecule has 0 unspecified atom stereocenters. The molecule has 1 saturated heterocycles. The molecule has 35 heavy (non-hydrogen) atoms. The van der Waals surface area contributed by atoms with Crippen molar-refractivity contribution >= 4 is 66.5 Å². The highest BCUT2D eigenvalue weighted by Gasteiger charge is 2.24. The number of ether oxygens (including phenoxy) is 2. The van der Waals surface area contributed by atoms with E-state index < -0.39 is 0 Å². The quantitative estimate of drug-likeness (QED) is 0.290. The Labute approximate surface area is 226 Å². The summed E-state index contributed by atoms with van der Waals surface area (Å²) >= 11 is 8.49. The van der Waals surface area contributed by atoms with Crippen molar-refractivity contribution in [2.45, 2.75) is 27.4 Å². The molecule has 1 aliphatic heterocycles. The minimum atomic E-state index is -0.190. The highest BCUT2D eigenvalue weighted by Crippen LogP contribution is 2.37. The predicted octanol–water partition coefficient (Wildman–Crippen LogP) is 7.62. The number of methoxy groups -OCH3 is 1. The van der Waals surface area contributed by atoms with Gasteiger partial charge in [-0.1, -0.05) is 61.7 Å². The zero-order valence-corrected chi connectivity index (χ0v) is 23.7. The lowest BCUT2D eigenvalue weighted by atomic mass is 10.1. The highest BCUT2D eigenvalue weighted by molar-refractivity contribution is 9.10. The van der Waals surface area contributed by atoms with Crippen LogP contribution in [0.5, 0.6) is 11.5 Å². The molecule has 0 aliphatic carbocycles. The third-order valence-corrected chi connectivity index (χ3v) is 8.20. The van der Waals surface area contributed by atoms with Gasteiger partial charge in [0.25, 0.3) is 5.91 Å². The zero-order valence-electron chi connectivity index (χ0n) is 19.7.